The molecule has 0 atom stereocenters. The Morgan fingerprint density at radius 3 is 2.06 bits per heavy atom. The van der Waals surface area contributed by atoms with Crippen LogP contribution in [0.25, 0.3) is 0 Å². The van der Waals surface area contributed by atoms with Gasteiger partial charge in [0.15, 0.2) is 0 Å². The van der Waals surface area contributed by atoms with Gasteiger partial charge in [-0.2, -0.15) is 0 Å². The number of benzene rings is 1. The summed E-state index contributed by atoms with van der Waals surface area (Å²) in [4.78, 5) is 2.12. The van der Waals surface area contributed by atoms with Crippen molar-refractivity contribution in [1.82, 2.24) is 4.90 Å². The number of rotatable bonds is 4. The summed E-state index contributed by atoms with van der Waals surface area (Å²) in [6.45, 7) is 8.53. The average Bonchev–Trinajstić information content (AvgIpc) is 2.18. The van der Waals surface area contributed by atoms with Gasteiger partial charge in [0.1, 0.15) is 0 Å². The van der Waals surface area contributed by atoms with E-state index in [-0.39, 0.29) is 8.80 Å². The standard InChI is InChI=1S/C10H15NO.C3H10Si/c1-11(9-12-2)8-10-6-4-3-5-7-10;1-4(2)3/h3-7H,8-9H2,1-2H3;4H,1-3H3. The Bertz CT molecular complexity index is 249. The van der Waals surface area contributed by atoms with Gasteiger partial charge in [-0.25, -0.2) is 0 Å². The van der Waals surface area contributed by atoms with Gasteiger partial charge in [0.25, 0.3) is 0 Å². The first-order chi connectivity index (χ1) is 7.56. The molecule has 0 saturated heterocycles. The van der Waals surface area contributed by atoms with E-state index < -0.39 is 0 Å². The highest BCUT2D eigenvalue weighted by Crippen LogP contribution is 2.01. The molecule has 0 aliphatic rings. The maximum atomic E-state index is 5.00. The van der Waals surface area contributed by atoms with E-state index in [9.17, 15) is 0 Å². The smallest absolute Gasteiger partial charge is 0.0986 e. The number of hydrogen-bond donors (Lipinski definition) is 0. The van der Waals surface area contributed by atoms with Crippen molar-refractivity contribution in [3.05, 3.63) is 35.9 Å². The van der Waals surface area contributed by atoms with Crippen molar-refractivity contribution in [2.24, 2.45) is 0 Å². The van der Waals surface area contributed by atoms with Gasteiger partial charge in [-0.15, -0.1) is 0 Å². The largest absolute Gasteiger partial charge is 0.369 e. The van der Waals surface area contributed by atoms with Crippen molar-refractivity contribution in [2.45, 2.75) is 26.2 Å². The van der Waals surface area contributed by atoms with Crippen LogP contribution >= 0.6 is 0 Å². The maximum absolute atomic E-state index is 5.00. The zero-order valence-corrected chi connectivity index (χ0v) is 12.4. The quantitative estimate of drug-likeness (QED) is 0.592. The summed E-state index contributed by atoms with van der Waals surface area (Å²) in [5.41, 5.74) is 1.32. The Morgan fingerprint density at radius 2 is 1.62 bits per heavy atom. The molecule has 0 heterocycles. The SMILES string of the molecule is COCN(C)Cc1ccccc1.C[SiH](C)C. The van der Waals surface area contributed by atoms with Gasteiger partial charge in [-0.1, -0.05) is 50.0 Å². The van der Waals surface area contributed by atoms with Crippen molar-refractivity contribution in [3.63, 3.8) is 0 Å². The first-order valence-electron chi connectivity index (χ1n) is 5.77. The van der Waals surface area contributed by atoms with Crippen molar-refractivity contribution < 1.29 is 4.74 Å². The Balaban J connectivity index is 0.000000487. The van der Waals surface area contributed by atoms with Gasteiger partial charge in [-0.05, 0) is 12.6 Å². The molecular weight excluding hydrogens is 214 g/mol. The van der Waals surface area contributed by atoms with Crippen LogP contribution in [0.3, 0.4) is 0 Å². The van der Waals surface area contributed by atoms with E-state index in [2.05, 4.69) is 48.8 Å². The van der Waals surface area contributed by atoms with E-state index in [0.29, 0.717) is 6.73 Å². The summed E-state index contributed by atoms with van der Waals surface area (Å²) < 4.78 is 5.00. The molecule has 1 aromatic carbocycles. The lowest BCUT2D eigenvalue weighted by atomic mass is 10.2. The fourth-order valence-corrected chi connectivity index (χ4v) is 1.16. The molecule has 0 bridgehead atoms. The first kappa shape index (κ1) is 15.4. The molecule has 0 amide bonds. The third-order valence-corrected chi connectivity index (χ3v) is 1.64. The van der Waals surface area contributed by atoms with E-state index >= 15 is 0 Å². The minimum absolute atomic E-state index is 0.139. The minimum Gasteiger partial charge on any atom is -0.369 e. The Labute approximate surface area is 102 Å². The molecule has 0 spiro atoms. The van der Waals surface area contributed by atoms with Crippen LogP contribution < -0.4 is 0 Å². The molecule has 92 valence electrons. The predicted molar refractivity (Wildman–Crippen MR) is 74.5 cm³/mol. The van der Waals surface area contributed by atoms with Crippen molar-refractivity contribution in [2.75, 3.05) is 20.9 Å². The number of methoxy groups -OCH3 is 1. The van der Waals surface area contributed by atoms with Crippen LogP contribution in [-0.2, 0) is 11.3 Å². The third-order valence-electron chi connectivity index (χ3n) is 1.64. The van der Waals surface area contributed by atoms with Crippen molar-refractivity contribution in [1.29, 1.82) is 0 Å². The predicted octanol–water partition coefficient (Wildman–Crippen LogP) is 2.83. The molecule has 0 aromatic heterocycles. The van der Waals surface area contributed by atoms with E-state index in [4.69, 9.17) is 4.74 Å². The highest BCUT2D eigenvalue weighted by molar-refractivity contribution is 6.54. The molecule has 0 saturated carbocycles. The lowest BCUT2D eigenvalue weighted by Gasteiger charge is -2.14. The van der Waals surface area contributed by atoms with Gasteiger partial charge >= 0.3 is 0 Å². The number of ether oxygens (including phenoxy) is 1. The molecule has 0 fully saturated rings. The summed E-state index contributed by atoms with van der Waals surface area (Å²) in [5.74, 6) is 0. The van der Waals surface area contributed by atoms with Crippen LogP contribution in [0.4, 0.5) is 0 Å². The Kier molecular flexibility index (Phi) is 9.19. The number of hydrogen-bond acceptors (Lipinski definition) is 2. The lowest BCUT2D eigenvalue weighted by Crippen LogP contribution is -2.19. The van der Waals surface area contributed by atoms with Gasteiger partial charge in [0.05, 0.1) is 6.73 Å². The normalized spacial score (nSPS) is 10.2. The van der Waals surface area contributed by atoms with Crippen molar-refractivity contribution in [3.8, 4) is 0 Å². The fourth-order valence-electron chi connectivity index (χ4n) is 1.16. The second-order valence-electron chi connectivity index (χ2n) is 4.65. The van der Waals surface area contributed by atoms with Crippen LogP contribution in [-0.4, -0.2) is 34.6 Å². The average molecular weight is 239 g/mol. The molecule has 1 aromatic rings. The second kappa shape index (κ2) is 9.57. The summed E-state index contributed by atoms with van der Waals surface area (Å²) in [6.07, 6.45) is 0. The fraction of sp³-hybridized carbons (Fsp3) is 0.538. The van der Waals surface area contributed by atoms with Crippen LogP contribution in [0.1, 0.15) is 5.56 Å². The summed E-state index contributed by atoms with van der Waals surface area (Å²) in [7, 11) is 3.61. The second-order valence-corrected chi connectivity index (χ2v) is 8.11. The highest BCUT2D eigenvalue weighted by atomic mass is 28.3. The van der Waals surface area contributed by atoms with Crippen molar-refractivity contribution >= 4 is 8.80 Å². The summed E-state index contributed by atoms with van der Waals surface area (Å²) >= 11 is 0. The molecule has 0 radical (unpaired) electrons. The minimum atomic E-state index is -0.139. The monoisotopic (exact) mass is 239 g/mol. The zero-order valence-electron chi connectivity index (χ0n) is 11.2. The maximum Gasteiger partial charge on any atom is 0.0986 e. The topological polar surface area (TPSA) is 12.5 Å². The molecule has 0 N–H and O–H groups in total. The van der Waals surface area contributed by atoms with Crippen LogP contribution in [0, 0.1) is 0 Å². The van der Waals surface area contributed by atoms with Crippen LogP contribution in [0.15, 0.2) is 30.3 Å². The highest BCUT2D eigenvalue weighted by Gasteiger charge is 1.96. The van der Waals surface area contributed by atoms with E-state index in [0.717, 1.165) is 6.54 Å². The lowest BCUT2D eigenvalue weighted by molar-refractivity contribution is 0.0771. The molecule has 1 rings (SSSR count). The molecular formula is C13H25NOSi. The van der Waals surface area contributed by atoms with Gasteiger partial charge in [0.2, 0.25) is 0 Å². The summed E-state index contributed by atoms with van der Waals surface area (Å²) in [6, 6.07) is 10.4. The van der Waals surface area contributed by atoms with Gasteiger partial charge in [-0.3, -0.25) is 4.90 Å². The van der Waals surface area contributed by atoms with E-state index in [1.165, 1.54) is 5.56 Å². The Hall–Kier alpha value is -0.643. The molecule has 0 unspecified atom stereocenters. The summed E-state index contributed by atoms with van der Waals surface area (Å²) in [5, 5.41) is 0. The molecule has 2 nitrogen and oxygen atoms in total. The zero-order chi connectivity index (χ0) is 12.4. The van der Waals surface area contributed by atoms with E-state index in [1.54, 1.807) is 7.11 Å². The first-order valence-corrected chi connectivity index (χ1v) is 9.24. The molecule has 3 heteroatoms. The molecule has 16 heavy (non-hydrogen) atoms. The Morgan fingerprint density at radius 1 is 1.12 bits per heavy atom. The third kappa shape index (κ3) is 9.89. The molecule has 0 aliphatic heterocycles. The molecule has 0 aliphatic carbocycles. The van der Waals surface area contributed by atoms with E-state index in [1.807, 2.05) is 13.1 Å². The number of nitrogens with zero attached hydrogens (tertiary/aromatic N) is 1. The van der Waals surface area contributed by atoms with Crippen LogP contribution in [0.2, 0.25) is 19.6 Å². The van der Waals surface area contributed by atoms with Gasteiger partial charge in [0, 0.05) is 22.5 Å². The van der Waals surface area contributed by atoms with Crippen LogP contribution in [0.5, 0.6) is 0 Å². The van der Waals surface area contributed by atoms with Gasteiger partial charge < -0.3 is 4.74 Å².